The number of carbonyl (C=O) groups excluding carboxylic acids is 2. The summed E-state index contributed by atoms with van der Waals surface area (Å²) in [5.41, 5.74) is 3.80. The van der Waals surface area contributed by atoms with Crippen LogP contribution in [0.1, 0.15) is 61.4 Å². The molecule has 4 aromatic rings. The predicted octanol–water partition coefficient (Wildman–Crippen LogP) is 5.57. The molecule has 0 bridgehead atoms. The van der Waals surface area contributed by atoms with Gasteiger partial charge < -0.3 is 20.6 Å². The lowest BCUT2D eigenvalue weighted by Crippen LogP contribution is -2.48. The van der Waals surface area contributed by atoms with Crippen molar-refractivity contribution in [3.8, 4) is 0 Å². The van der Waals surface area contributed by atoms with Gasteiger partial charge >= 0.3 is 0 Å². The van der Waals surface area contributed by atoms with Gasteiger partial charge in [-0.15, -0.1) is 11.3 Å². The molecule has 0 radical (unpaired) electrons. The van der Waals surface area contributed by atoms with Crippen LogP contribution in [0.25, 0.3) is 0 Å². The summed E-state index contributed by atoms with van der Waals surface area (Å²) in [6.07, 6.45) is 1.39. The summed E-state index contributed by atoms with van der Waals surface area (Å²) < 4.78 is 0. The third kappa shape index (κ3) is 7.63. The molecule has 9 heteroatoms. The van der Waals surface area contributed by atoms with Crippen molar-refractivity contribution in [3.05, 3.63) is 122 Å². The van der Waals surface area contributed by atoms with Gasteiger partial charge in [-0.3, -0.25) is 9.59 Å². The third-order valence-corrected chi connectivity index (χ3v) is 8.76. The number of halogens is 1. The van der Waals surface area contributed by atoms with Gasteiger partial charge in [0.15, 0.2) is 0 Å². The molecule has 42 heavy (non-hydrogen) atoms. The molecule has 2 amide bonds. The molecule has 218 valence electrons. The lowest BCUT2D eigenvalue weighted by atomic mass is 10.00. The number of likely N-dealkylation sites (tertiary alicyclic amines) is 1. The van der Waals surface area contributed by atoms with Crippen LogP contribution in [0.5, 0.6) is 0 Å². The zero-order chi connectivity index (χ0) is 29.5. The van der Waals surface area contributed by atoms with Crippen LogP contribution in [0.4, 0.5) is 0 Å². The lowest BCUT2D eigenvalue weighted by molar-refractivity contribution is 0.0735. The van der Waals surface area contributed by atoms with Crippen LogP contribution in [0, 0.1) is 6.92 Å². The number of rotatable bonds is 11. The molecule has 3 atom stereocenters. The average molecular weight is 603 g/mol. The van der Waals surface area contributed by atoms with Crippen molar-refractivity contribution in [1.82, 2.24) is 20.5 Å². The van der Waals surface area contributed by atoms with Crippen LogP contribution < -0.4 is 10.6 Å². The predicted molar refractivity (Wildman–Crippen MR) is 167 cm³/mol. The van der Waals surface area contributed by atoms with Crippen LogP contribution in [0.15, 0.2) is 84.2 Å². The number of carbonyl (C=O) groups is 2. The second-order valence-electron chi connectivity index (χ2n) is 10.7. The number of hydrogen-bond acceptors (Lipinski definition) is 6. The van der Waals surface area contributed by atoms with E-state index in [1.165, 1.54) is 0 Å². The largest absolute Gasteiger partial charge is 0.390 e. The fourth-order valence-electron chi connectivity index (χ4n) is 5.31. The maximum absolute atomic E-state index is 13.6. The zero-order valence-electron chi connectivity index (χ0n) is 23.5. The Morgan fingerprint density at radius 1 is 1.05 bits per heavy atom. The Labute approximate surface area is 255 Å². The fraction of sp³-hybridized carbons (Fsp3) is 0.303. The highest BCUT2D eigenvalue weighted by Gasteiger charge is 2.33. The van der Waals surface area contributed by atoms with E-state index < -0.39 is 12.1 Å². The highest BCUT2D eigenvalue weighted by atomic mass is 35.5. The van der Waals surface area contributed by atoms with Gasteiger partial charge in [0.2, 0.25) is 0 Å². The molecular weight excluding hydrogens is 568 g/mol. The minimum Gasteiger partial charge on any atom is -0.390 e. The fourth-order valence-corrected chi connectivity index (χ4v) is 6.46. The second kappa shape index (κ2) is 14.1. The van der Waals surface area contributed by atoms with Crippen LogP contribution in [-0.2, 0) is 13.0 Å². The average Bonchev–Trinajstić information content (AvgIpc) is 3.66. The normalized spacial score (nSPS) is 16.3. The summed E-state index contributed by atoms with van der Waals surface area (Å²) in [6.45, 7) is 3.42. The SMILES string of the molecule is Cc1csc(C2CCCN2C(=O)c2cccc(C(=O)NC(Cc3ccccc3)C(O)CNCc3cccc(Cl)c3)c2)n1. The standard InChI is InChI=1S/C33H35ClN4O3S/c1-22-21-42-32(36-22)29-14-7-15-38(29)33(41)26-12-6-11-25(18-26)31(40)37-28(17-23-8-3-2-4-9-23)30(39)20-35-19-24-10-5-13-27(34)16-24/h2-6,8-13,16,18,21,28-30,35,39H,7,14-15,17,19-20H2,1H3,(H,37,40). The number of aromatic nitrogens is 1. The smallest absolute Gasteiger partial charge is 0.254 e. The molecule has 0 aliphatic carbocycles. The van der Waals surface area contributed by atoms with Gasteiger partial charge in [0.05, 0.1) is 18.2 Å². The molecule has 1 saturated heterocycles. The van der Waals surface area contributed by atoms with Crippen molar-refractivity contribution in [2.75, 3.05) is 13.1 Å². The molecule has 2 heterocycles. The van der Waals surface area contributed by atoms with E-state index in [-0.39, 0.29) is 24.4 Å². The lowest BCUT2D eigenvalue weighted by Gasteiger charge is -2.25. The van der Waals surface area contributed by atoms with Gasteiger partial charge in [0.1, 0.15) is 5.01 Å². The van der Waals surface area contributed by atoms with E-state index in [1.54, 1.807) is 35.6 Å². The van der Waals surface area contributed by atoms with Gasteiger partial charge in [-0.05, 0) is 67.6 Å². The number of benzene rings is 3. The van der Waals surface area contributed by atoms with Crippen molar-refractivity contribution < 1.29 is 14.7 Å². The van der Waals surface area contributed by atoms with E-state index in [2.05, 4.69) is 15.6 Å². The number of nitrogens with zero attached hydrogens (tertiary/aromatic N) is 2. The molecule has 3 aromatic carbocycles. The molecule has 0 spiro atoms. The Kier molecular flexibility index (Phi) is 10.0. The highest BCUT2D eigenvalue weighted by Crippen LogP contribution is 2.34. The molecule has 5 rings (SSSR count). The summed E-state index contributed by atoms with van der Waals surface area (Å²) in [4.78, 5) is 33.5. The van der Waals surface area contributed by atoms with Gasteiger partial charge in [0.25, 0.3) is 11.8 Å². The Hall–Kier alpha value is -3.56. The third-order valence-electron chi connectivity index (χ3n) is 7.46. The van der Waals surface area contributed by atoms with Crippen LogP contribution in [0.2, 0.25) is 5.02 Å². The number of aliphatic hydroxyl groups excluding tert-OH is 1. The Balaban J connectivity index is 1.27. The van der Waals surface area contributed by atoms with Crippen molar-refractivity contribution in [2.45, 2.75) is 50.9 Å². The van der Waals surface area contributed by atoms with Crippen LogP contribution >= 0.6 is 22.9 Å². The summed E-state index contributed by atoms with van der Waals surface area (Å²) in [7, 11) is 0. The molecule has 1 aromatic heterocycles. The van der Waals surface area contributed by atoms with E-state index in [0.717, 1.165) is 34.7 Å². The first-order chi connectivity index (χ1) is 20.4. The van der Waals surface area contributed by atoms with Crippen LogP contribution in [-0.4, -0.2) is 52.0 Å². The van der Waals surface area contributed by atoms with Crippen molar-refractivity contribution in [1.29, 1.82) is 0 Å². The maximum atomic E-state index is 13.6. The van der Waals surface area contributed by atoms with Crippen molar-refractivity contribution in [2.24, 2.45) is 0 Å². The van der Waals surface area contributed by atoms with Crippen LogP contribution in [0.3, 0.4) is 0 Å². The molecule has 1 aliphatic heterocycles. The first-order valence-corrected chi connectivity index (χ1v) is 15.4. The Morgan fingerprint density at radius 2 is 1.81 bits per heavy atom. The molecular formula is C33H35ClN4O3S. The van der Waals surface area contributed by atoms with E-state index in [9.17, 15) is 14.7 Å². The molecule has 3 unspecified atom stereocenters. The zero-order valence-corrected chi connectivity index (χ0v) is 25.1. The summed E-state index contributed by atoms with van der Waals surface area (Å²) in [6, 6.07) is 23.5. The summed E-state index contributed by atoms with van der Waals surface area (Å²) >= 11 is 7.68. The number of aryl methyl sites for hydroxylation is 1. The Bertz CT molecular complexity index is 1510. The van der Waals surface area contributed by atoms with E-state index in [0.29, 0.717) is 35.7 Å². The molecule has 0 saturated carbocycles. The number of aliphatic hydroxyl groups is 1. The Morgan fingerprint density at radius 3 is 2.57 bits per heavy atom. The monoisotopic (exact) mass is 602 g/mol. The van der Waals surface area contributed by atoms with Gasteiger partial charge in [-0.25, -0.2) is 4.98 Å². The number of nitrogens with one attached hydrogen (secondary N) is 2. The molecule has 1 aliphatic rings. The summed E-state index contributed by atoms with van der Waals surface area (Å²) in [5.74, 6) is -0.445. The molecule has 1 fully saturated rings. The number of hydrogen-bond donors (Lipinski definition) is 3. The van der Waals surface area contributed by atoms with Crippen molar-refractivity contribution in [3.63, 3.8) is 0 Å². The van der Waals surface area contributed by atoms with Gasteiger partial charge in [-0.2, -0.15) is 0 Å². The number of thiazole rings is 1. The minimum atomic E-state index is -0.856. The first kappa shape index (κ1) is 29.9. The van der Waals surface area contributed by atoms with E-state index >= 15 is 0 Å². The van der Waals surface area contributed by atoms with Gasteiger partial charge in [-0.1, -0.05) is 60.1 Å². The van der Waals surface area contributed by atoms with Gasteiger partial charge in [0, 0.05) is 46.9 Å². The summed E-state index contributed by atoms with van der Waals surface area (Å²) in [5, 5.41) is 21.1. The topological polar surface area (TPSA) is 94.6 Å². The minimum absolute atomic E-state index is 0.0431. The first-order valence-electron chi connectivity index (χ1n) is 14.2. The maximum Gasteiger partial charge on any atom is 0.254 e. The molecule has 3 N–H and O–H groups in total. The number of amides is 2. The quantitative estimate of drug-likeness (QED) is 0.209. The molecule has 7 nitrogen and oxygen atoms in total. The highest BCUT2D eigenvalue weighted by molar-refractivity contribution is 7.09. The second-order valence-corrected chi connectivity index (χ2v) is 12.0. The van der Waals surface area contributed by atoms with E-state index in [4.69, 9.17) is 11.6 Å². The van der Waals surface area contributed by atoms with Crippen molar-refractivity contribution >= 4 is 34.8 Å². The van der Waals surface area contributed by atoms with E-state index in [1.807, 2.05) is 71.8 Å².